The highest BCUT2D eigenvalue weighted by Crippen LogP contribution is 2.61. The van der Waals surface area contributed by atoms with Crippen LogP contribution in [0.25, 0.3) is 0 Å². The van der Waals surface area contributed by atoms with Gasteiger partial charge in [0.05, 0.1) is 0 Å². The third kappa shape index (κ3) is 2.64. The van der Waals surface area contributed by atoms with Crippen LogP contribution >= 0.6 is 0 Å². The van der Waals surface area contributed by atoms with E-state index in [2.05, 4.69) is 15.3 Å². The summed E-state index contributed by atoms with van der Waals surface area (Å²) >= 11 is 0. The van der Waals surface area contributed by atoms with E-state index in [4.69, 9.17) is 0 Å². The minimum atomic E-state index is -0.549. The second-order valence-electron chi connectivity index (χ2n) is 8.05. The summed E-state index contributed by atoms with van der Waals surface area (Å²) in [7, 11) is 0. The number of aromatic nitrogens is 2. The minimum Gasteiger partial charge on any atom is -0.320 e. The Hall–Kier alpha value is -1.85. The predicted molar refractivity (Wildman–Crippen MR) is 86.3 cm³/mol. The first-order chi connectivity index (χ1) is 10.9. The zero-order chi connectivity index (χ0) is 16.2. The van der Waals surface area contributed by atoms with Crippen LogP contribution in [0.2, 0.25) is 0 Å². The smallest absolute Gasteiger partial charge is 0.320 e. The lowest BCUT2D eigenvalue weighted by atomic mass is 9.49. The molecule has 4 aliphatic rings. The Balaban J connectivity index is 1.51. The van der Waals surface area contributed by atoms with E-state index in [0.29, 0.717) is 12.1 Å². The lowest BCUT2D eigenvalue weighted by molar-refractivity contribution is -0.124. The van der Waals surface area contributed by atoms with Gasteiger partial charge in [-0.1, -0.05) is 0 Å². The molecule has 23 heavy (non-hydrogen) atoms. The molecule has 1 aromatic heterocycles. The van der Waals surface area contributed by atoms with Gasteiger partial charge in [-0.05, 0) is 68.6 Å². The minimum absolute atomic E-state index is 0.104. The number of hydrogen-bond donors (Lipinski definition) is 3. The van der Waals surface area contributed by atoms with E-state index in [1.807, 2.05) is 0 Å². The first kappa shape index (κ1) is 14.7. The topological polar surface area (TPSA) is 94.8 Å². The number of nitrogens with one attached hydrogen (secondary N) is 3. The van der Waals surface area contributed by atoms with E-state index in [-0.39, 0.29) is 17.0 Å². The molecule has 0 aromatic carbocycles. The molecule has 1 amide bonds. The quantitative estimate of drug-likeness (QED) is 0.795. The molecule has 0 radical (unpaired) electrons. The summed E-state index contributed by atoms with van der Waals surface area (Å²) in [5, 5.41) is 2.73. The molecular weight excluding hydrogens is 294 g/mol. The molecule has 0 atom stereocenters. The van der Waals surface area contributed by atoms with Crippen molar-refractivity contribution in [3.8, 4) is 0 Å². The van der Waals surface area contributed by atoms with Crippen molar-refractivity contribution in [2.75, 3.05) is 5.32 Å². The zero-order valence-electron chi connectivity index (χ0n) is 13.4. The van der Waals surface area contributed by atoms with Crippen molar-refractivity contribution in [1.82, 2.24) is 9.97 Å². The zero-order valence-corrected chi connectivity index (χ0v) is 13.4. The van der Waals surface area contributed by atoms with Gasteiger partial charge in [-0.2, -0.15) is 0 Å². The summed E-state index contributed by atoms with van der Waals surface area (Å²) in [5.41, 5.74) is -0.379. The van der Waals surface area contributed by atoms with Crippen LogP contribution in [0.1, 0.15) is 50.6 Å². The second kappa shape index (κ2) is 5.08. The molecule has 0 unspecified atom stereocenters. The van der Waals surface area contributed by atoms with Crippen molar-refractivity contribution in [3.63, 3.8) is 0 Å². The molecule has 4 fully saturated rings. The van der Waals surface area contributed by atoms with Crippen LogP contribution in [0.3, 0.4) is 0 Å². The molecule has 4 aliphatic carbocycles. The second-order valence-corrected chi connectivity index (χ2v) is 8.05. The highest BCUT2D eigenvalue weighted by atomic mass is 16.2. The molecule has 1 aromatic rings. The summed E-state index contributed by atoms with van der Waals surface area (Å²) in [6.07, 6.45) is 8.02. The third-order valence-corrected chi connectivity index (χ3v) is 6.10. The number of anilines is 1. The summed E-state index contributed by atoms with van der Waals surface area (Å²) < 4.78 is 0. The van der Waals surface area contributed by atoms with E-state index in [1.54, 1.807) is 6.92 Å². The van der Waals surface area contributed by atoms with Gasteiger partial charge in [0.1, 0.15) is 5.69 Å². The monoisotopic (exact) mass is 317 g/mol. The summed E-state index contributed by atoms with van der Waals surface area (Å²) in [5.74, 6) is 2.29. The number of amides is 1. The van der Waals surface area contributed by atoms with E-state index >= 15 is 0 Å². The Morgan fingerprint density at radius 3 is 2.17 bits per heavy atom. The van der Waals surface area contributed by atoms with Crippen LogP contribution in [-0.4, -0.2) is 15.9 Å². The average molecular weight is 317 g/mol. The van der Waals surface area contributed by atoms with Crippen LogP contribution in [0.5, 0.6) is 0 Å². The van der Waals surface area contributed by atoms with Gasteiger partial charge in [-0.15, -0.1) is 0 Å². The van der Waals surface area contributed by atoms with Crippen LogP contribution in [0.15, 0.2) is 9.59 Å². The number of carbonyl (C=O) groups excluding carboxylic acids is 1. The highest BCUT2D eigenvalue weighted by Gasteiger charge is 2.51. The molecule has 0 saturated heterocycles. The fraction of sp³-hybridized carbons (Fsp3) is 0.706. The molecule has 3 N–H and O–H groups in total. The molecule has 124 valence electrons. The van der Waals surface area contributed by atoms with E-state index in [0.717, 1.165) is 37.0 Å². The van der Waals surface area contributed by atoms with Gasteiger partial charge < -0.3 is 10.3 Å². The Labute approximate surface area is 134 Å². The maximum Gasteiger partial charge on any atom is 0.326 e. The first-order valence-corrected chi connectivity index (χ1v) is 8.55. The molecule has 6 nitrogen and oxygen atoms in total. The van der Waals surface area contributed by atoms with Crippen molar-refractivity contribution < 1.29 is 4.79 Å². The summed E-state index contributed by atoms with van der Waals surface area (Å²) in [6.45, 7) is 1.62. The van der Waals surface area contributed by atoms with Gasteiger partial charge >= 0.3 is 5.69 Å². The molecule has 6 heteroatoms. The largest absolute Gasteiger partial charge is 0.326 e. The predicted octanol–water partition coefficient (Wildman–Crippen LogP) is 1.92. The molecule has 4 saturated carbocycles. The third-order valence-electron chi connectivity index (χ3n) is 6.10. The fourth-order valence-electron chi connectivity index (χ4n) is 5.78. The molecule has 0 spiro atoms. The van der Waals surface area contributed by atoms with Crippen LogP contribution in [-0.2, 0) is 4.79 Å². The number of aryl methyl sites for hydroxylation is 1. The van der Waals surface area contributed by atoms with Crippen molar-refractivity contribution >= 4 is 11.6 Å². The van der Waals surface area contributed by atoms with Gasteiger partial charge in [0.2, 0.25) is 5.91 Å². The SMILES string of the molecule is Cc1[nH]c(=O)[nH]c(=O)c1NC(=O)CC12CC3CC(CC(C3)C1)C2. The Morgan fingerprint density at radius 2 is 1.65 bits per heavy atom. The van der Waals surface area contributed by atoms with Crippen LogP contribution in [0.4, 0.5) is 5.69 Å². The highest BCUT2D eigenvalue weighted by molar-refractivity contribution is 5.91. The van der Waals surface area contributed by atoms with Gasteiger partial charge in [0.15, 0.2) is 0 Å². The molecule has 4 bridgehead atoms. The lowest BCUT2D eigenvalue weighted by Gasteiger charge is -2.56. The average Bonchev–Trinajstić information content (AvgIpc) is 2.40. The molecular formula is C17H23N3O3. The van der Waals surface area contributed by atoms with E-state index in [9.17, 15) is 14.4 Å². The van der Waals surface area contributed by atoms with Gasteiger partial charge in [0.25, 0.3) is 5.56 Å². The van der Waals surface area contributed by atoms with Gasteiger partial charge in [-0.25, -0.2) is 4.79 Å². The maximum atomic E-state index is 12.5. The van der Waals surface area contributed by atoms with E-state index in [1.165, 1.54) is 19.3 Å². The van der Waals surface area contributed by atoms with Gasteiger partial charge in [0, 0.05) is 12.1 Å². The normalized spacial score (nSPS) is 34.6. The number of hydrogen-bond acceptors (Lipinski definition) is 3. The van der Waals surface area contributed by atoms with Crippen molar-refractivity contribution in [2.24, 2.45) is 23.2 Å². The fourth-order valence-corrected chi connectivity index (χ4v) is 5.78. The molecule has 5 rings (SSSR count). The molecule has 0 aliphatic heterocycles. The number of aromatic amines is 2. The van der Waals surface area contributed by atoms with Gasteiger partial charge in [-0.3, -0.25) is 14.6 Å². The summed E-state index contributed by atoms with van der Waals surface area (Å²) in [6, 6.07) is 0. The van der Waals surface area contributed by atoms with Crippen LogP contribution < -0.4 is 16.6 Å². The summed E-state index contributed by atoms with van der Waals surface area (Å²) in [4.78, 5) is 40.3. The number of H-pyrrole nitrogens is 2. The maximum absolute atomic E-state index is 12.5. The Bertz CT molecular complexity index is 726. The van der Waals surface area contributed by atoms with E-state index < -0.39 is 11.2 Å². The lowest BCUT2D eigenvalue weighted by Crippen LogP contribution is -2.47. The number of rotatable bonds is 3. The van der Waals surface area contributed by atoms with Crippen molar-refractivity contribution in [1.29, 1.82) is 0 Å². The van der Waals surface area contributed by atoms with Crippen molar-refractivity contribution in [2.45, 2.75) is 51.9 Å². The first-order valence-electron chi connectivity index (χ1n) is 8.55. The Kier molecular flexibility index (Phi) is 3.25. The standard InChI is InChI=1S/C17H23N3O3/c1-9-14(15(22)20-16(23)18-9)19-13(21)8-17-5-10-2-11(6-17)4-12(3-10)7-17/h10-12H,2-8H2,1H3,(H,19,21)(H2,18,20,22,23). The van der Waals surface area contributed by atoms with Crippen molar-refractivity contribution in [3.05, 3.63) is 26.5 Å². The number of carbonyl (C=O) groups is 1. The van der Waals surface area contributed by atoms with Crippen LogP contribution in [0, 0.1) is 30.1 Å². The Morgan fingerprint density at radius 1 is 1.09 bits per heavy atom. The molecule has 1 heterocycles.